The highest BCUT2D eigenvalue weighted by atomic mass is 35.5. The van der Waals surface area contributed by atoms with E-state index in [1.54, 1.807) is 18.2 Å². The number of benzene rings is 2. The minimum atomic E-state index is -4.73. The molecule has 128 valence electrons. The number of hydrogen-bond acceptors (Lipinski definition) is 3. The topological polar surface area (TPSA) is 42.5 Å². The van der Waals surface area contributed by atoms with E-state index in [1.807, 2.05) is 0 Å². The first-order valence-corrected chi connectivity index (χ1v) is 7.33. The molecule has 0 aromatic heterocycles. The van der Waals surface area contributed by atoms with E-state index in [4.69, 9.17) is 28.6 Å². The molecular weight excluding hydrogens is 365 g/mol. The van der Waals surface area contributed by atoms with Crippen molar-refractivity contribution in [3.63, 3.8) is 0 Å². The van der Waals surface area contributed by atoms with Crippen molar-refractivity contribution in [1.82, 2.24) is 0 Å². The van der Waals surface area contributed by atoms with Gasteiger partial charge in [0.2, 0.25) is 0 Å². The third-order valence-corrected chi connectivity index (χ3v) is 3.19. The van der Waals surface area contributed by atoms with E-state index in [9.17, 15) is 13.2 Å². The number of alkyl halides is 3. The highest BCUT2D eigenvalue weighted by Crippen LogP contribution is 2.28. The quantitative estimate of drug-likeness (QED) is 0.730. The van der Waals surface area contributed by atoms with Gasteiger partial charge in [-0.05, 0) is 54.7 Å². The van der Waals surface area contributed by atoms with E-state index in [0.717, 1.165) is 0 Å². The Morgan fingerprint density at radius 1 is 1.08 bits per heavy atom. The van der Waals surface area contributed by atoms with Crippen LogP contribution in [0, 0.1) is 0 Å². The van der Waals surface area contributed by atoms with Gasteiger partial charge in [-0.3, -0.25) is 0 Å². The second-order valence-electron chi connectivity index (χ2n) is 4.50. The fourth-order valence-corrected chi connectivity index (χ4v) is 2.20. The van der Waals surface area contributed by atoms with Crippen molar-refractivity contribution in [3.8, 4) is 11.5 Å². The molecular formula is C15H12ClF3N2O2S. The predicted molar refractivity (Wildman–Crippen MR) is 91.0 cm³/mol. The maximum atomic E-state index is 12.1. The first-order valence-electron chi connectivity index (χ1n) is 6.54. The summed E-state index contributed by atoms with van der Waals surface area (Å²) in [6, 6.07) is 10.2. The maximum Gasteiger partial charge on any atom is 0.573 e. The van der Waals surface area contributed by atoms with E-state index in [1.165, 1.54) is 31.4 Å². The highest BCUT2D eigenvalue weighted by molar-refractivity contribution is 7.80. The van der Waals surface area contributed by atoms with E-state index in [-0.39, 0.29) is 10.9 Å². The molecule has 24 heavy (non-hydrogen) atoms. The summed E-state index contributed by atoms with van der Waals surface area (Å²) in [6.45, 7) is 0. The molecule has 0 bridgehead atoms. The van der Waals surface area contributed by atoms with Gasteiger partial charge in [0.25, 0.3) is 0 Å². The Balaban J connectivity index is 2.01. The van der Waals surface area contributed by atoms with Gasteiger partial charge in [-0.1, -0.05) is 11.6 Å². The molecule has 0 amide bonds. The fraction of sp³-hybridized carbons (Fsp3) is 0.133. The molecule has 0 unspecified atom stereocenters. The summed E-state index contributed by atoms with van der Waals surface area (Å²) in [6.07, 6.45) is -4.73. The SMILES string of the molecule is COc1ccc(Cl)cc1NC(=S)Nc1ccc(OC(F)(F)F)cc1. The fourth-order valence-electron chi connectivity index (χ4n) is 1.80. The van der Waals surface area contributed by atoms with Crippen LogP contribution in [-0.4, -0.2) is 18.6 Å². The summed E-state index contributed by atoms with van der Waals surface area (Å²) in [5.41, 5.74) is 1.04. The molecule has 2 aromatic carbocycles. The van der Waals surface area contributed by atoms with Gasteiger partial charge in [-0.2, -0.15) is 0 Å². The molecule has 4 nitrogen and oxygen atoms in total. The zero-order valence-electron chi connectivity index (χ0n) is 12.3. The summed E-state index contributed by atoms with van der Waals surface area (Å²) in [7, 11) is 1.50. The van der Waals surface area contributed by atoms with Crippen LogP contribution in [0.1, 0.15) is 0 Å². The van der Waals surface area contributed by atoms with E-state index in [0.29, 0.717) is 22.1 Å². The van der Waals surface area contributed by atoms with Crippen LogP contribution in [0.25, 0.3) is 0 Å². The molecule has 9 heteroatoms. The smallest absolute Gasteiger partial charge is 0.495 e. The van der Waals surface area contributed by atoms with E-state index in [2.05, 4.69) is 15.4 Å². The number of thiocarbonyl (C=S) groups is 1. The van der Waals surface area contributed by atoms with Crippen LogP contribution >= 0.6 is 23.8 Å². The van der Waals surface area contributed by atoms with Crippen LogP contribution in [0.15, 0.2) is 42.5 Å². The van der Waals surface area contributed by atoms with Gasteiger partial charge in [0.1, 0.15) is 11.5 Å². The summed E-state index contributed by atoms with van der Waals surface area (Å²) >= 11 is 11.1. The van der Waals surface area contributed by atoms with Crippen molar-refractivity contribution in [2.45, 2.75) is 6.36 Å². The van der Waals surface area contributed by atoms with Crippen molar-refractivity contribution < 1.29 is 22.6 Å². The van der Waals surface area contributed by atoms with Gasteiger partial charge < -0.3 is 20.1 Å². The molecule has 0 atom stereocenters. The van der Waals surface area contributed by atoms with E-state index < -0.39 is 6.36 Å². The number of anilines is 2. The largest absolute Gasteiger partial charge is 0.573 e. The highest BCUT2D eigenvalue weighted by Gasteiger charge is 2.30. The summed E-state index contributed by atoms with van der Waals surface area (Å²) < 4.78 is 45.3. The average Bonchev–Trinajstić information content (AvgIpc) is 2.48. The maximum absolute atomic E-state index is 12.1. The van der Waals surface area contributed by atoms with Gasteiger partial charge in [0.05, 0.1) is 12.8 Å². The standard InChI is InChI=1S/C15H12ClF3N2O2S/c1-22-13-7-2-9(16)8-12(13)21-14(24)20-10-3-5-11(6-4-10)23-15(17,18)19/h2-8H,1H3,(H2,20,21,24). The third kappa shape index (κ3) is 5.47. The van der Waals surface area contributed by atoms with Crippen molar-refractivity contribution in [2.24, 2.45) is 0 Å². The molecule has 0 saturated carbocycles. The lowest BCUT2D eigenvalue weighted by Gasteiger charge is -2.14. The number of nitrogens with one attached hydrogen (secondary N) is 2. The number of rotatable bonds is 4. The summed E-state index contributed by atoms with van der Waals surface area (Å²) in [4.78, 5) is 0. The third-order valence-electron chi connectivity index (χ3n) is 2.76. The molecule has 0 spiro atoms. The number of hydrogen-bond donors (Lipinski definition) is 2. The van der Waals surface area contributed by atoms with Crippen LogP contribution in [0.2, 0.25) is 5.02 Å². The van der Waals surface area contributed by atoms with Gasteiger partial charge >= 0.3 is 6.36 Å². The van der Waals surface area contributed by atoms with Gasteiger partial charge in [0.15, 0.2) is 5.11 Å². The van der Waals surface area contributed by atoms with Gasteiger partial charge in [0, 0.05) is 10.7 Å². The Morgan fingerprint density at radius 2 is 1.75 bits per heavy atom. The molecule has 0 aliphatic heterocycles. The molecule has 0 aliphatic carbocycles. The Morgan fingerprint density at radius 3 is 2.33 bits per heavy atom. The Kier molecular flexibility index (Phi) is 5.74. The van der Waals surface area contributed by atoms with Crippen molar-refractivity contribution in [3.05, 3.63) is 47.5 Å². The van der Waals surface area contributed by atoms with Crippen LogP contribution in [0.3, 0.4) is 0 Å². The lowest BCUT2D eigenvalue weighted by Crippen LogP contribution is -2.19. The Labute approximate surface area is 146 Å². The second kappa shape index (κ2) is 7.59. The summed E-state index contributed by atoms with van der Waals surface area (Å²) in [5, 5.41) is 6.46. The first kappa shape index (κ1) is 18.2. The van der Waals surface area contributed by atoms with E-state index >= 15 is 0 Å². The lowest BCUT2D eigenvalue weighted by molar-refractivity contribution is -0.274. The first-order chi connectivity index (χ1) is 11.3. The zero-order chi connectivity index (χ0) is 17.7. The molecule has 0 saturated heterocycles. The lowest BCUT2D eigenvalue weighted by atomic mass is 10.3. The van der Waals surface area contributed by atoms with Crippen molar-refractivity contribution in [1.29, 1.82) is 0 Å². The van der Waals surface area contributed by atoms with Crippen LogP contribution < -0.4 is 20.1 Å². The molecule has 0 radical (unpaired) electrons. The second-order valence-corrected chi connectivity index (χ2v) is 5.34. The van der Waals surface area contributed by atoms with Crippen molar-refractivity contribution >= 4 is 40.3 Å². The molecule has 2 aromatic rings. The van der Waals surface area contributed by atoms with Gasteiger partial charge in [-0.15, -0.1) is 13.2 Å². The van der Waals surface area contributed by atoms with Gasteiger partial charge in [-0.25, -0.2) is 0 Å². The molecule has 0 fully saturated rings. The number of halogens is 4. The van der Waals surface area contributed by atoms with Crippen LogP contribution in [-0.2, 0) is 0 Å². The van der Waals surface area contributed by atoms with Crippen LogP contribution in [0.4, 0.5) is 24.5 Å². The Hall–Kier alpha value is -2.19. The average molecular weight is 377 g/mol. The minimum Gasteiger partial charge on any atom is -0.495 e. The number of ether oxygens (including phenoxy) is 2. The Bertz CT molecular complexity index is 724. The van der Waals surface area contributed by atoms with Crippen molar-refractivity contribution in [2.75, 3.05) is 17.7 Å². The molecule has 2 N–H and O–H groups in total. The monoisotopic (exact) mass is 376 g/mol. The predicted octanol–water partition coefficient (Wildman–Crippen LogP) is 5.06. The molecule has 2 rings (SSSR count). The molecule has 0 aliphatic rings. The molecule has 0 heterocycles. The normalized spacial score (nSPS) is 10.9. The minimum absolute atomic E-state index is 0.222. The summed E-state index contributed by atoms with van der Waals surface area (Å²) in [5.74, 6) is 0.223. The zero-order valence-corrected chi connectivity index (χ0v) is 13.9. The number of methoxy groups -OCH3 is 1. The van der Waals surface area contributed by atoms with Crippen LogP contribution in [0.5, 0.6) is 11.5 Å².